The second-order valence-corrected chi connectivity index (χ2v) is 6.80. The van der Waals surface area contributed by atoms with Crippen LogP contribution in [0.4, 0.5) is 0 Å². The van der Waals surface area contributed by atoms with E-state index in [4.69, 9.17) is 5.73 Å². The lowest BCUT2D eigenvalue weighted by atomic mass is 9.68. The molecule has 2 aliphatic rings. The van der Waals surface area contributed by atoms with E-state index in [1.165, 1.54) is 44.9 Å². The Morgan fingerprint density at radius 2 is 1.74 bits per heavy atom. The Hall–Kier alpha value is -0.570. The second kappa shape index (κ2) is 6.25. The van der Waals surface area contributed by atoms with Gasteiger partial charge in [0, 0.05) is 13.1 Å². The fourth-order valence-electron chi connectivity index (χ4n) is 3.71. The molecule has 1 saturated heterocycles. The molecular formula is C16H30N2O. The summed E-state index contributed by atoms with van der Waals surface area (Å²) in [5, 5.41) is 0. The lowest BCUT2D eigenvalue weighted by molar-refractivity contribution is -0.136. The number of nitrogens with two attached hydrogens (primary N) is 1. The number of carbonyl (C=O) groups excluding carboxylic acids is 1. The lowest BCUT2D eigenvalue weighted by Gasteiger charge is -2.45. The maximum absolute atomic E-state index is 12.4. The van der Waals surface area contributed by atoms with Gasteiger partial charge in [0.25, 0.3) is 0 Å². The predicted molar refractivity (Wildman–Crippen MR) is 78.8 cm³/mol. The van der Waals surface area contributed by atoms with Crippen LogP contribution in [-0.4, -0.2) is 29.9 Å². The molecule has 1 unspecified atom stereocenters. The average molecular weight is 266 g/mol. The van der Waals surface area contributed by atoms with Gasteiger partial charge < -0.3 is 10.6 Å². The summed E-state index contributed by atoms with van der Waals surface area (Å²) in [6, 6.07) is -0.301. The Labute approximate surface area is 117 Å². The van der Waals surface area contributed by atoms with Crippen molar-refractivity contribution in [1.29, 1.82) is 0 Å². The summed E-state index contributed by atoms with van der Waals surface area (Å²) < 4.78 is 0. The van der Waals surface area contributed by atoms with Crippen molar-refractivity contribution >= 4 is 5.91 Å². The molecule has 2 fully saturated rings. The normalized spacial score (nSPS) is 26.2. The molecule has 110 valence electrons. The third-order valence-corrected chi connectivity index (χ3v) is 5.59. The molecule has 3 nitrogen and oxygen atoms in total. The quantitative estimate of drug-likeness (QED) is 0.853. The van der Waals surface area contributed by atoms with Crippen LogP contribution < -0.4 is 5.73 Å². The van der Waals surface area contributed by atoms with Gasteiger partial charge in [0.05, 0.1) is 6.04 Å². The number of carbonyl (C=O) groups is 1. The van der Waals surface area contributed by atoms with E-state index in [-0.39, 0.29) is 17.9 Å². The summed E-state index contributed by atoms with van der Waals surface area (Å²) >= 11 is 0. The van der Waals surface area contributed by atoms with Gasteiger partial charge in [0.2, 0.25) is 5.91 Å². The van der Waals surface area contributed by atoms with Crippen LogP contribution in [0.5, 0.6) is 0 Å². The van der Waals surface area contributed by atoms with E-state index in [1.54, 1.807) is 0 Å². The Morgan fingerprint density at radius 1 is 1.16 bits per heavy atom. The highest BCUT2D eigenvalue weighted by atomic mass is 16.2. The molecule has 0 radical (unpaired) electrons. The summed E-state index contributed by atoms with van der Waals surface area (Å²) in [6.45, 7) is 6.05. The highest BCUT2D eigenvalue weighted by Gasteiger charge is 2.37. The number of likely N-dealkylation sites (tertiary alicyclic amines) is 1. The molecule has 2 N–H and O–H groups in total. The van der Waals surface area contributed by atoms with E-state index in [2.05, 4.69) is 13.8 Å². The third-order valence-electron chi connectivity index (χ3n) is 5.59. The Kier molecular flexibility index (Phi) is 4.88. The largest absolute Gasteiger partial charge is 0.341 e. The predicted octanol–water partition coefficient (Wildman–Crippen LogP) is 2.93. The molecule has 1 aliphatic heterocycles. The first-order valence-corrected chi connectivity index (χ1v) is 8.12. The van der Waals surface area contributed by atoms with Crippen molar-refractivity contribution in [1.82, 2.24) is 4.90 Å². The van der Waals surface area contributed by atoms with Gasteiger partial charge in [-0.1, -0.05) is 39.5 Å². The number of rotatable bonds is 3. The number of piperidine rings is 1. The van der Waals surface area contributed by atoms with Crippen LogP contribution in [0.1, 0.15) is 65.2 Å². The monoisotopic (exact) mass is 266 g/mol. The molecular weight excluding hydrogens is 236 g/mol. The first-order valence-electron chi connectivity index (χ1n) is 8.12. The Morgan fingerprint density at radius 3 is 2.26 bits per heavy atom. The van der Waals surface area contributed by atoms with E-state index in [1.807, 2.05) is 4.90 Å². The van der Waals surface area contributed by atoms with Crippen molar-refractivity contribution in [2.45, 2.75) is 71.3 Å². The summed E-state index contributed by atoms with van der Waals surface area (Å²) in [5.74, 6) is 0.470. The molecule has 0 aromatic heterocycles. The van der Waals surface area contributed by atoms with Crippen LogP contribution in [-0.2, 0) is 4.79 Å². The second-order valence-electron chi connectivity index (χ2n) is 6.80. The zero-order valence-corrected chi connectivity index (χ0v) is 12.7. The van der Waals surface area contributed by atoms with Gasteiger partial charge in [-0.2, -0.15) is 0 Å². The molecule has 19 heavy (non-hydrogen) atoms. The van der Waals surface area contributed by atoms with Gasteiger partial charge in [0.1, 0.15) is 0 Å². The van der Waals surface area contributed by atoms with E-state index in [0.717, 1.165) is 19.5 Å². The first kappa shape index (κ1) is 14.8. The Bertz CT molecular complexity index is 300. The summed E-state index contributed by atoms with van der Waals surface area (Å²) in [5.41, 5.74) is 6.65. The van der Waals surface area contributed by atoms with Crippen LogP contribution in [0.2, 0.25) is 0 Å². The molecule has 0 aromatic rings. The topological polar surface area (TPSA) is 46.3 Å². The van der Waals surface area contributed by atoms with E-state index in [9.17, 15) is 4.79 Å². The van der Waals surface area contributed by atoms with Crippen LogP contribution in [0, 0.1) is 11.3 Å². The van der Waals surface area contributed by atoms with Gasteiger partial charge in [-0.15, -0.1) is 0 Å². The fraction of sp³-hybridized carbons (Fsp3) is 0.938. The van der Waals surface area contributed by atoms with Crippen LogP contribution in [0.3, 0.4) is 0 Å². The fourth-order valence-corrected chi connectivity index (χ4v) is 3.71. The SMILES string of the molecule is CCC(C)[C@H](N)C(=O)N1CCC2(CCCCC2)CC1. The van der Waals surface area contributed by atoms with E-state index in [0.29, 0.717) is 5.41 Å². The summed E-state index contributed by atoms with van der Waals surface area (Å²) in [6.07, 6.45) is 10.3. The van der Waals surface area contributed by atoms with Crippen molar-refractivity contribution in [3.05, 3.63) is 0 Å². The minimum atomic E-state index is -0.301. The minimum absolute atomic E-state index is 0.181. The smallest absolute Gasteiger partial charge is 0.239 e. The molecule has 2 atom stereocenters. The van der Waals surface area contributed by atoms with Crippen molar-refractivity contribution in [2.75, 3.05) is 13.1 Å². The van der Waals surface area contributed by atoms with Crippen molar-refractivity contribution < 1.29 is 4.79 Å². The van der Waals surface area contributed by atoms with Crippen LogP contribution in [0.15, 0.2) is 0 Å². The Balaban J connectivity index is 1.87. The van der Waals surface area contributed by atoms with Crippen LogP contribution in [0.25, 0.3) is 0 Å². The zero-order valence-electron chi connectivity index (χ0n) is 12.7. The standard InChI is InChI=1S/C16H30N2O/c1-3-13(2)14(17)15(19)18-11-9-16(10-12-18)7-5-4-6-8-16/h13-14H,3-12,17H2,1-2H3/t13?,14-/m0/s1. The van der Waals surface area contributed by atoms with Crippen molar-refractivity contribution in [3.8, 4) is 0 Å². The summed E-state index contributed by atoms with van der Waals surface area (Å²) in [7, 11) is 0. The molecule has 0 bridgehead atoms. The molecule has 0 aromatic carbocycles. The molecule has 1 saturated carbocycles. The molecule has 1 aliphatic carbocycles. The van der Waals surface area contributed by atoms with E-state index >= 15 is 0 Å². The molecule has 3 heteroatoms. The van der Waals surface area contributed by atoms with Gasteiger partial charge in [-0.3, -0.25) is 4.79 Å². The lowest BCUT2D eigenvalue weighted by Crippen LogP contribution is -2.51. The minimum Gasteiger partial charge on any atom is -0.341 e. The molecule has 2 rings (SSSR count). The number of hydrogen-bond acceptors (Lipinski definition) is 2. The zero-order chi connectivity index (χ0) is 13.9. The van der Waals surface area contributed by atoms with Gasteiger partial charge in [-0.05, 0) is 37.0 Å². The third kappa shape index (κ3) is 3.31. The first-order chi connectivity index (χ1) is 9.08. The molecule has 1 amide bonds. The van der Waals surface area contributed by atoms with E-state index < -0.39 is 0 Å². The van der Waals surface area contributed by atoms with Crippen molar-refractivity contribution in [3.63, 3.8) is 0 Å². The maximum Gasteiger partial charge on any atom is 0.239 e. The van der Waals surface area contributed by atoms with Gasteiger partial charge in [-0.25, -0.2) is 0 Å². The molecule has 1 spiro atoms. The van der Waals surface area contributed by atoms with Gasteiger partial charge in [0.15, 0.2) is 0 Å². The maximum atomic E-state index is 12.4. The van der Waals surface area contributed by atoms with Crippen molar-refractivity contribution in [2.24, 2.45) is 17.1 Å². The number of amides is 1. The highest BCUT2D eigenvalue weighted by Crippen LogP contribution is 2.44. The number of nitrogens with zero attached hydrogens (tertiary/aromatic N) is 1. The van der Waals surface area contributed by atoms with Gasteiger partial charge >= 0.3 is 0 Å². The highest BCUT2D eigenvalue weighted by molar-refractivity contribution is 5.82. The number of hydrogen-bond donors (Lipinski definition) is 1. The summed E-state index contributed by atoms with van der Waals surface area (Å²) in [4.78, 5) is 14.4. The average Bonchev–Trinajstić information content (AvgIpc) is 2.46. The molecule has 1 heterocycles. The van der Waals surface area contributed by atoms with Crippen LogP contribution >= 0.6 is 0 Å².